The smallest absolute Gasteiger partial charge is 0.188 e. The highest BCUT2D eigenvalue weighted by Gasteiger charge is 2.25. The monoisotopic (exact) mass is 536 g/mol. The molecule has 0 saturated carbocycles. The molecule has 0 radical (unpaired) electrons. The van der Waals surface area contributed by atoms with Crippen molar-refractivity contribution in [3.63, 3.8) is 0 Å². The Kier molecular flexibility index (Phi) is 23.1. The largest absolute Gasteiger partial charge is 0.379 e. The third-order valence-corrected chi connectivity index (χ3v) is 7.31. The van der Waals surface area contributed by atoms with Crippen LogP contribution in [0.25, 0.3) is 0 Å². The molecule has 0 spiro atoms. The molecule has 0 heterocycles. The number of unbranched alkanes of at least 4 members (excludes halogenated alkanes) is 15. The molecule has 0 aliphatic heterocycles. The van der Waals surface area contributed by atoms with E-state index in [2.05, 4.69) is 19.1 Å². The Bertz CT molecular complexity index is 605. The van der Waals surface area contributed by atoms with E-state index in [1.165, 1.54) is 96.3 Å². The lowest BCUT2D eigenvalue weighted by atomic mass is 10.0. The first kappa shape index (κ1) is 35.0. The lowest BCUT2D eigenvalue weighted by Crippen LogP contribution is -2.39. The molecular formula is C33H60O5. The van der Waals surface area contributed by atoms with Crippen LogP contribution in [-0.2, 0) is 30.3 Å². The lowest BCUT2D eigenvalue weighted by molar-refractivity contribution is -0.235. The number of hydrogen-bond acceptors (Lipinski definition) is 5. The third-order valence-electron chi connectivity index (χ3n) is 7.31. The number of methoxy groups -OCH3 is 2. The fraction of sp³-hybridized carbons (Fsp3) is 0.818. The van der Waals surface area contributed by atoms with Gasteiger partial charge < -0.3 is 23.7 Å². The Morgan fingerprint density at radius 2 is 1.11 bits per heavy atom. The van der Waals surface area contributed by atoms with E-state index in [0.29, 0.717) is 26.4 Å². The lowest BCUT2D eigenvalue weighted by Gasteiger charge is -2.28. The zero-order valence-electron chi connectivity index (χ0n) is 25.4. The quantitative estimate of drug-likeness (QED) is 0.0790. The third kappa shape index (κ3) is 20.0. The normalized spacial score (nSPS) is 12.7. The van der Waals surface area contributed by atoms with Crippen LogP contribution in [0.5, 0.6) is 0 Å². The molecular weight excluding hydrogens is 476 g/mol. The molecule has 1 unspecified atom stereocenters. The highest BCUT2D eigenvalue weighted by atomic mass is 16.7. The predicted molar refractivity (Wildman–Crippen MR) is 159 cm³/mol. The number of hydrogen-bond donors (Lipinski definition) is 0. The number of benzene rings is 1. The van der Waals surface area contributed by atoms with E-state index in [9.17, 15) is 0 Å². The first-order valence-corrected chi connectivity index (χ1v) is 15.5. The van der Waals surface area contributed by atoms with E-state index < -0.39 is 5.79 Å². The van der Waals surface area contributed by atoms with Crippen molar-refractivity contribution in [2.24, 2.45) is 0 Å². The summed E-state index contributed by atoms with van der Waals surface area (Å²) in [6.45, 7) is 6.78. The van der Waals surface area contributed by atoms with Crippen molar-refractivity contribution in [2.75, 3.05) is 40.6 Å². The van der Waals surface area contributed by atoms with Crippen molar-refractivity contribution in [2.45, 2.75) is 135 Å². The fourth-order valence-electron chi connectivity index (χ4n) is 4.46. The minimum atomic E-state index is -0.772. The second-order valence-electron chi connectivity index (χ2n) is 10.9. The molecule has 0 aromatic heterocycles. The summed E-state index contributed by atoms with van der Waals surface area (Å²) in [6, 6.07) is 10.2. The summed E-state index contributed by atoms with van der Waals surface area (Å²) in [5, 5.41) is 0. The topological polar surface area (TPSA) is 46.2 Å². The van der Waals surface area contributed by atoms with Crippen molar-refractivity contribution in [3.05, 3.63) is 35.9 Å². The minimum Gasteiger partial charge on any atom is -0.379 e. The van der Waals surface area contributed by atoms with Crippen LogP contribution in [0.15, 0.2) is 30.3 Å². The van der Waals surface area contributed by atoms with Gasteiger partial charge in [0.25, 0.3) is 0 Å². The van der Waals surface area contributed by atoms with Gasteiger partial charge in [0.2, 0.25) is 0 Å². The Morgan fingerprint density at radius 3 is 1.61 bits per heavy atom. The van der Waals surface area contributed by atoms with Gasteiger partial charge in [0.15, 0.2) is 5.79 Å². The van der Waals surface area contributed by atoms with E-state index in [0.717, 1.165) is 18.6 Å². The standard InChI is InChI=1S/C33H60O5/c1-5-6-7-8-9-10-11-12-13-14-15-16-17-18-19-23-26-36-28-32(38-30-33(2,34-3)35-4)29-37-27-31-24-21-20-22-25-31/h20-22,24-25,32H,5-19,23,26-30H2,1-4H3. The van der Waals surface area contributed by atoms with Crippen LogP contribution >= 0.6 is 0 Å². The highest BCUT2D eigenvalue weighted by molar-refractivity contribution is 5.13. The van der Waals surface area contributed by atoms with Gasteiger partial charge in [-0.25, -0.2) is 0 Å². The molecule has 0 amide bonds. The van der Waals surface area contributed by atoms with Crippen molar-refractivity contribution >= 4 is 0 Å². The summed E-state index contributed by atoms with van der Waals surface area (Å²) in [4.78, 5) is 0. The first-order chi connectivity index (χ1) is 18.6. The van der Waals surface area contributed by atoms with Gasteiger partial charge in [-0.2, -0.15) is 0 Å². The summed E-state index contributed by atoms with van der Waals surface area (Å²) in [5.74, 6) is -0.772. The van der Waals surface area contributed by atoms with E-state index >= 15 is 0 Å². The van der Waals surface area contributed by atoms with E-state index in [-0.39, 0.29) is 6.10 Å². The van der Waals surface area contributed by atoms with Gasteiger partial charge in [-0.05, 0) is 18.9 Å². The molecule has 0 fully saturated rings. The molecule has 0 bridgehead atoms. The summed E-state index contributed by atoms with van der Waals surface area (Å²) < 4.78 is 28.8. The van der Waals surface area contributed by atoms with Crippen molar-refractivity contribution in [1.82, 2.24) is 0 Å². The minimum absolute atomic E-state index is 0.163. The summed E-state index contributed by atoms with van der Waals surface area (Å²) in [7, 11) is 3.25. The second kappa shape index (κ2) is 25.0. The van der Waals surface area contributed by atoms with Gasteiger partial charge in [-0.15, -0.1) is 0 Å². The maximum absolute atomic E-state index is 6.06. The van der Waals surface area contributed by atoms with Gasteiger partial charge in [-0.1, -0.05) is 134 Å². The molecule has 222 valence electrons. The maximum Gasteiger partial charge on any atom is 0.188 e. The predicted octanol–water partition coefficient (Wildman–Crippen LogP) is 8.88. The molecule has 1 atom stereocenters. The van der Waals surface area contributed by atoms with Crippen molar-refractivity contribution in [1.29, 1.82) is 0 Å². The molecule has 0 aliphatic rings. The molecule has 5 heteroatoms. The van der Waals surface area contributed by atoms with Gasteiger partial charge in [0.05, 0.1) is 19.8 Å². The van der Waals surface area contributed by atoms with Gasteiger partial charge in [0.1, 0.15) is 12.7 Å². The summed E-state index contributed by atoms with van der Waals surface area (Å²) >= 11 is 0. The van der Waals surface area contributed by atoms with Crippen LogP contribution in [0, 0.1) is 0 Å². The van der Waals surface area contributed by atoms with Gasteiger partial charge >= 0.3 is 0 Å². The van der Waals surface area contributed by atoms with Crippen molar-refractivity contribution < 1.29 is 23.7 Å². The number of ether oxygens (including phenoxy) is 5. The van der Waals surface area contributed by atoms with Gasteiger partial charge in [-0.3, -0.25) is 0 Å². The molecule has 5 nitrogen and oxygen atoms in total. The first-order valence-electron chi connectivity index (χ1n) is 15.5. The summed E-state index contributed by atoms with van der Waals surface area (Å²) in [5.41, 5.74) is 1.15. The van der Waals surface area contributed by atoms with E-state index in [1.807, 2.05) is 25.1 Å². The van der Waals surface area contributed by atoms with Gasteiger partial charge in [0, 0.05) is 20.8 Å². The molecule has 38 heavy (non-hydrogen) atoms. The van der Waals surface area contributed by atoms with Crippen LogP contribution in [-0.4, -0.2) is 52.5 Å². The van der Waals surface area contributed by atoms with E-state index in [1.54, 1.807) is 14.2 Å². The van der Waals surface area contributed by atoms with Crippen LogP contribution in [0.3, 0.4) is 0 Å². The maximum atomic E-state index is 6.06. The average Bonchev–Trinajstić information content (AvgIpc) is 2.95. The Morgan fingerprint density at radius 1 is 0.632 bits per heavy atom. The second-order valence-corrected chi connectivity index (χ2v) is 10.9. The zero-order chi connectivity index (χ0) is 27.6. The molecule has 0 aliphatic carbocycles. The highest BCUT2D eigenvalue weighted by Crippen LogP contribution is 2.15. The zero-order valence-corrected chi connectivity index (χ0v) is 25.4. The average molecular weight is 537 g/mol. The number of rotatable bonds is 28. The van der Waals surface area contributed by atoms with Crippen LogP contribution < -0.4 is 0 Å². The summed E-state index contributed by atoms with van der Waals surface area (Å²) in [6.07, 6.45) is 21.9. The van der Waals surface area contributed by atoms with Crippen LogP contribution in [0.4, 0.5) is 0 Å². The molecule has 1 rings (SSSR count). The van der Waals surface area contributed by atoms with Crippen LogP contribution in [0.1, 0.15) is 122 Å². The fourth-order valence-corrected chi connectivity index (χ4v) is 4.46. The van der Waals surface area contributed by atoms with E-state index in [4.69, 9.17) is 23.7 Å². The van der Waals surface area contributed by atoms with Crippen LogP contribution in [0.2, 0.25) is 0 Å². The van der Waals surface area contributed by atoms with Crippen molar-refractivity contribution in [3.8, 4) is 0 Å². The molecule has 0 N–H and O–H groups in total. The molecule has 1 aromatic carbocycles. The Labute approximate surface area is 235 Å². The molecule has 1 aromatic rings. The Balaban J connectivity index is 2.04. The molecule has 0 saturated heterocycles. The Hall–Kier alpha value is -0.980. The SMILES string of the molecule is CCCCCCCCCCCCCCCCCCOCC(COCc1ccccc1)OCC(C)(OC)OC.